The zero-order chi connectivity index (χ0) is 48.3. The highest BCUT2D eigenvalue weighted by atomic mass is 32.3. The van der Waals surface area contributed by atoms with Crippen LogP contribution in [-0.2, 0) is 75.8 Å². The van der Waals surface area contributed by atoms with Gasteiger partial charge in [-0.15, -0.1) is 0 Å². The molecule has 0 spiro atoms. The molecule has 4 aromatic carbocycles. The van der Waals surface area contributed by atoms with E-state index in [-0.39, 0.29) is 10.8 Å². The van der Waals surface area contributed by atoms with Crippen LogP contribution in [0.25, 0.3) is 22.3 Å². The summed E-state index contributed by atoms with van der Waals surface area (Å²) < 4.78 is 61.8. The number of nitrogens with zero attached hydrogens (tertiary/aromatic N) is 6. The molecule has 1 fully saturated rings. The number of likely N-dealkylation sites (tertiary alicyclic amines) is 1. The predicted molar refractivity (Wildman–Crippen MR) is 273 cm³/mol. The van der Waals surface area contributed by atoms with Crippen LogP contribution in [0.3, 0.4) is 0 Å². The van der Waals surface area contributed by atoms with Gasteiger partial charge in [-0.3, -0.25) is 19.2 Å². The molecule has 0 bridgehead atoms. The third-order valence-electron chi connectivity index (χ3n) is 12.7. The van der Waals surface area contributed by atoms with E-state index < -0.39 is 20.8 Å². The van der Waals surface area contributed by atoms with Gasteiger partial charge in [0.25, 0.3) is 0 Å². The van der Waals surface area contributed by atoms with Crippen LogP contribution in [0.4, 0.5) is 11.4 Å². The van der Waals surface area contributed by atoms with Gasteiger partial charge < -0.3 is 9.87 Å². The SMILES string of the molecule is Cc1c(N[S+](=O)([O-])c2ccc(-c3cc(CNCc4cccnc4)ccc3C3CN(Cc4cccc(-c5ccc([S+](=O)(O)Nc6c(CC(C)C)nn(C)c6C)cc5)c4)C3)cc2)c(CC(C)C)nn1C. The van der Waals surface area contributed by atoms with Crippen LogP contribution in [-0.4, -0.2) is 51.6 Å². The van der Waals surface area contributed by atoms with Crippen LogP contribution in [0.15, 0.2) is 125 Å². The third kappa shape index (κ3) is 11.2. The van der Waals surface area contributed by atoms with Gasteiger partial charge >= 0.3 is 10.4 Å². The lowest BCUT2D eigenvalue weighted by Crippen LogP contribution is -2.44. The molecule has 0 radical (unpaired) electrons. The summed E-state index contributed by atoms with van der Waals surface area (Å²) in [6.07, 6.45) is 5.00. The van der Waals surface area contributed by atoms with Crippen molar-refractivity contribution in [2.24, 2.45) is 25.9 Å². The zero-order valence-electron chi connectivity index (χ0n) is 40.3. The second-order valence-corrected chi connectivity index (χ2v) is 22.4. The van der Waals surface area contributed by atoms with Gasteiger partial charge in [-0.25, -0.2) is 0 Å². The Morgan fingerprint density at radius 2 is 1.28 bits per heavy atom. The van der Waals surface area contributed by atoms with Crippen molar-refractivity contribution in [2.75, 3.05) is 22.5 Å². The molecule has 1 aliphatic heterocycles. The van der Waals surface area contributed by atoms with Crippen LogP contribution in [0.5, 0.6) is 0 Å². The van der Waals surface area contributed by atoms with E-state index in [0.717, 1.165) is 75.8 Å². The van der Waals surface area contributed by atoms with E-state index >= 15 is 0 Å². The van der Waals surface area contributed by atoms with Crippen LogP contribution in [0.1, 0.15) is 78.6 Å². The van der Waals surface area contributed by atoms with Gasteiger partial charge in [0.15, 0.2) is 15.3 Å². The Kier molecular flexibility index (Phi) is 14.6. The molecular formula is C53H64N9O4S2+. The molecule has 1 saturated heterocycles. The number of hydrogen-bond acceptors (Lipinski definition) is 8. The number of benzene rings is 4. The van der Waals surface area contributed by atoms with Gasteiger partial charge in [-0.2, -0.15) is 24.2 Å². The van der Waals surface area contributed by atoms with E-state index in [9.17, 15) is 17.5 Å². The Hall–Kier alpha value is -5.81. The van der Waals surface area contributed by atoms with E-state index in [1.165, 1.54) is 11.1 Å². The van der Waals surface area contributed by atoms with E-state index in [1.807, 2.05) is 64.5 Å². The first kappa shape index (κ1) is 48.6. The first-order valence-corrected chi connectivity index (χ1v) is 26.3. The van der Waals surface area contributed by atoms with Crippen molar-refractivity contribution in [3.05, 3.63) is 161 Å². The Morgan fingerprint density at radius 1 is 0.691 bits per heavy atom. The molecule has 8 rings (SSSR count). The van der Waals surface area contributed by atoms with E-state index in [4.69, 9.17) is 0 Å². The molecule has 68 heavy (non-hydrogen) atoms. The molecule has 0 aliphatic carbocycles. The molecule has 2 unspecified atom stereocenters. The summed E-state index contributed by atoms with van der Waals surface area (Å²) in [5, 5.41) is 12.8. The molecule has 0 amide bonds. The van der Waals surface area contributed by atoms with Crippen LogP contribution < -0.4 is 14.8 Å². The van der Waals surface area contributed by atoms with Crippen molar-refractivity contribution >= 4 is 32.2 Å². The Morgan fingerprint density at radius 3 is 1.90 bits per heavy atom. The molecule has 15 heteroatoms. The molecule has 4 N–H and O–H groups in total. The minimum absolute atomic E-state index is 0.195. The number of nitrogens with one attached hydrogen (secondary N) is 3. The zero-order valence-corrected chi connectivity index (χ0v) is 42.0. The summed E-state index contributed by atoms with van der Waals surface area (Å²) in [4.78, 5) is 7.19. The van der Waals surface area contributed by atoms with Crippen molar-refractivity contribution in [1.29, 1.82) is 0 Å². The third-order valence-corrected chi connectivity index (χ3v) is 15.5. The van der Waals surface area contributed by atoms with Crippen molar-refractivity contribution in [3.8, 4) is 22.3 Å². The molecule has 7 aromatic rings. The van der Waals surface area contributed by atoms with Gasteiger partial charge in [0.1, 0.15) is 11.4 Å². The molecule has 0 saturated carbocycles. The Labute approximate surface area is 403 Å². The van der Waals surface area contributed by atoms with Crippen LogP contribution in [0, 0.1) is 25.7 Å². The summed E-state index contributed by atoms with van der Waals surface area (Å²) in [7, 11) is -3.79. The number of rotatable bonds is 19. The highest BCUT2D eigenvalue weighted by molar-refractivity contribution is 7.99. The standard InChI is InChI=1S/C53H63N9O4S2/c1-35(2)25-50-52(37(5)60(7)56-50)58-67(63,64)46-19-15-42(16-20-46)44-13-9-11-40(27-44)32-62-33-45(34-62)48-23-14-39(29-55-31-41-12-10-24-54-30-41)28-49(48)43-17-21-47(22-18-43)68(65,66)59-53-38(6)61(8)57-51(53)26-36(3)4/h9-24,27-28,30,35-36,45,55H,25-26,29,31-34H2,1-8H3,(H2-2,58,59,63,64,65,66)/p+1. The molecule has 3 aromatic heterocycles. The summed E-state index contributed by atoms with van der Waals surface area (Å²) in [5.41, 5.74) is 13.0. The molecule has 1 aliphatic rings. The van der Waals surface area contributed by atoms with E-state index in [0.29, 0.717) is 54.0 Å². The predicted octanol–water partition coefficient (Wildman–Crippen LogP) is 10.2. The number of pyridine rings is 1. The first-order valence-electron chi connectivity index (χ1n) is 23.3. The normalized spacial score (nSPS) is 15.1. The van der Waals surface area contributed by atoms with Crippen molar-refractivity contribution < 1.29 is 17.5 Å². The highest BCUT2D eigenvalue weighted by Gasteiger charge is 2.34. The van der Waals surface area contributed by atoms with Crippen molar-refractivity contribution in [3.63, 3.8) is 0 Å². The average molecular weight is 955 g/mol. The quantitative estimate of drug-likeness (QED) is 0.0578. The molecule has 4 heterocycles. The Balaban J connectivity index is 0.963. The maximum atomic E-state index is 13.8. The fourth-order valence-electron chi connectivity index (χ4n) is 8.89. The second-order valence-electron chi connectivity index (χ2n) is 19.0. The molecular weight excluding hydrogens is 891 g/mol. The number of sulfonamides is 1. The summed E-state index contributed by atoms with van der Waals surface area (Å²) >= 11 is 0. The minimum atomic E-state index is -3.88. The fraction of sp³-hybridized carbons (Fsp3) is 0.340. The number of aryl methyl sites for hydroxylation is 2. The fourth-order valence-corrected chi connectivity index (χ4v) is 11.2. The van der Waals surface area contributed by atoms with Gasteiger partial charge in [0, 0.05) is 65.1 Å². The molecule has 356 valence electrons. The monoisotopic (exact) mass is 954 g/mol. The largest absolute Gasteiger partial charge is 0.588 e. The highest BCUT2D eigenvalue weighted by Crippen LogP contribution is 2.38. The summed E-state index contributed by atoms with van der Waals surface area (Å²) in [6, 6.07) is 33.6. The maximum absolute atomic E-state index is 13.8. The number of aromatic nitrogens is 5. The molecule has 13 nitrogen and oxygen atoms in total. The average Bonchev–Trinajstić information content (AvgIpc) is 3.70. The number of hydrogen-bond donors (Lipinski definition) is 4. The van der Waals surface area contributed by atoms with Crippen molar-refractivity contribution in [1.82, 2.24) is 34.8 Å². The van der Waals surface area contributed by atoms with E-state index in [1.54, 1.807) is 39.8 Å². The first-order chi connectivity index (χ1) is 32.4. The van der Waals surface area contributed by atoms with Gasteiger partial charge in [-0.1, -0.05) is 68.3 Å². The topological polar surface area (TPSA) is 165 Å². The smallest absolute Gasteiger partial charge is 0.346 e. The van der Waals surface area contributed by atoms with Crippen molar-refractivity contribution in [2.45, 2.75) is 89.7 Å². The van der Waals surface area contributed by atoms with E-state index in [2.05, 4.69) is 111 Å². The molecule has 2 atom stereocenters. The van der Waals surface area contributed by atoms with Crippen LogP contribution >= 0.6 is 0 Å². The lowest BCUT2D eigenvalue weighted by Gasteiger charge is -2.40. The van der Waals surface area contributed by atoms with Gasteiger partial charge in [-0.05, 0) is 154 Å². The van der Waals surface area contributed by atoms with Gasteiger partial charge in [0.2, 0.25) is 4.90 Å². The lowest BCUT2D eigenvalue weighted by atomic mass is 9.84. The summed E-state index contributed by atoms with van der Waals surface area (Å²) in [6.45, 7) is 16.1. The Bertz CT molecular complexity index is 2960. The van der Waals surface area contributed by atoms with Crippen LogP contribution in [0.2, 0.25) is 0 Å². The van der Waals surface area contributed by atoms with Gasteiger partial charge in [0.05, 0.1) is 22.8 Å². The number of anilines is 2. The minimum Gasteiger partial charge on any atom is -0.588 e. The lowest BCUT2D eigenvalue weighted by molar-refractivity contribution is 0.140. The summed E-state index contributed by atoms with van der Waals surface area (Å²) in [5.74, 6) is 0.954. The second kappa shape index (κ2) is 20.4. The maximum Gasteiger partial charge on any atom is 0.346 e.